The molecule has 0 spiro atoms. The van der Waals surface area contributed by atoms with Crippen molar-refractivity contribution in [1.29, 1.82) is 5.26 Å². The van der Waals surface area contributed by atoms with Gasteiger partial charge in [-0.15, -0.1) is 0 Å². The zero-order chi connectivity index (χ0) is 14.1. The minimum absolute atomic E-state index is 0.196. The molecule has 1 N–H and O–H groups in total. The van der Waals surface area contributed by atoms with Crippen LogP contribution in [0, 0.1) is 16.7 Å². The zero-order valence-corrected chi connectivity index (χ0v) is 12.7. The van der Waals surface area contributed by atoms with E-state index in [1.807, 2.05) is 13.8 Å². The first kappa shape index (κ1) is 16.4. The molecule has 1 aliphatic rings. The molecule has 0 aliphatic carbocycles. The Labute approximate surface area is 118 Å². The SMILES string of the molecule is COCCN(CCCC(C)(C)C#N)CC1CCCN1. The molecule has 0 aromatic rings. The largest absolute Gasteiger partial charge is 0.383 e. The van der Waals surface area contributed by atoms with Gasteiger partial charge in [-0.2, -0.15) is 5.26 Å². The van der Waals surface area contributed by atoms with E-state index in [4.69, 9.17) is 10.00 Å². The van der Waals surface area contributed by atoms with Crippen LogP contribution in [0.15, 0.2) is 0 Å². The highest BCUT2D eigenvalue weighted by molar-refractivity contribution is 4.91. The molecule has 0 bridgehead atoms. The first-order valence-corrected chi connectivity index (χ1v) is 7.43. The van der Waals surface area contributed by atoms with E-state index < -0.39 is 0 Å². The number of hydrogen-bond acceptors (Lipinski definition) is 4. The third-order valence-corrected chi connectivity index (χ3v) is 3.83. The van der Waals surface area contributed by atoms with E-state index in [0.29, 0.717) is 6.04 Å². The van der Waals surface area contributed by atoms with Crippen LogP contribution in [0.5, 0.6) is 0 Å². The van der Waals surface area contributed by atoms with Gasteiger partial charge in [-0.1, -0.05) is 0 Å². The minimum Gasteiger partial charge on any atom is -0.383 e. The molecule has 19 heavy (non-hydrogen) atoms. The summed E-state index contributed by atoms with van der Waals surface area (Å²) < 4.78 is 5.19. The Balaban J connectivity index is 2.30. The van der Waals surface area contributed by atoms with Crippen molar-refractivity contribution in [1.82, 2.24) is 10.2 Å². The lowest BCUT2D eigenvalue weighted by Gasteiger charge is -2.26. The molecule has 110 valence electrons. The van der Waals surface area contributed by atoms with E-state index in [0.717, 1.165) is 45.6 Å². The van der Waals surface area contributed by atoms with Gasteiger partial charge >= 0.3 is 0 Å². The average Bonchev–Trinajstić information content (AvgIpc) is 2.88. The number of ether oxygens (including phenoxy) is 1. The van der Waals surface area contributed by atoms with Gasteiger partial charge in [-0.3, -0.25) is 4.90 Å². The number of nitrogens with one attached hydrogen (secondary N) is 1. The summed E-state index contributed by atoms with van der Waals surface area (Å²) in [5.74, 6) is 0. The summed E-state index contributed by atoms with van der Waals surface area (Å²) in [6.07, 6.45) is 4.62. The van der Waals surface area contributed by atoms with Crippen molar-refractivity contribution in [2.75, 3.05) is 39.9 Å². The van der Waals surface area contributed by atoms with E-state index in [1.165, 1.54) is 12.8 Å². The topological polar surface area (TPSA) is 48.3 Å². The summed E-state index contributed by atoms with van der Waals surface area (Å²) in [4.78, 5) is 2.47. The molecule has 0 amide bonds. The van der Waals surface area contributed by atoms with Gasteiger partial charge in [0.25, 0.3) is 0 Å². The maximum atomic E-state index is 9.04. The number of nitriles is 1. The lowest BCUT2D eigenvalue weighted by atomic mass is 9.90. The number of nitrogens with zero attached hydrogens (tertiary/aromatic N) is 2. The standard InChI is InChI=1S/C15H29N3O/c1-15(2,13-16)7-5-9-18(10-11-19-3)12-14-6-4-8-17-14/h14,17H,4-12H2,1-3H3. The quantitative estimate of drug-likeness (QED) is 0.694. The van der Waals surface area contributed by atoms with Crippen molar-refractivity contribution >= 4 is 0 Å². The van der Waals surface area contributed by atoms with E-state index in [1.54, 1.807) is 7.11 Å². The number of rotatable bonds is 9. The van der Waals surface area contributed by atoms with Crippen LogP contribution < -0.4 is 5.32 Å². The predicted molar refractivity (Wildman–Crippen MR) is 78.0 cm³/mol. The van der Waals surface area contributed by atoms with Crippen LogP contribution in [0.4, 0.5) is 0 Å². The Bertz CT molecular complexity index is 280. The van der Waals surface area contributed by atoms with Crippen LogP contribution >= 0.6 is 0 Å². The van der Waals surface area contributed by atoms with Gasteiger partial charge in [0.2, 0.25) is 0 Å². The normalized spacial score (nSPS) is 19.8. The summed E-state index contributed by atoms with van der Waals surface area (Å²) in [5, 5.41) is 12.6. The van der Waals surface area contributed by atoms with Gasteiger partial charge < -0.3 is 10.1 Å². The second-order valence-electron chi connectivity index (χ2n) is 6.19. The molecule has 1 unspecified atom stereocenters. The van der Waals surface area contributed by atoms with E-state index >= 15 is 0 Å². The lowest BCUT2D eigenvalue weighted by Crippen LogP contribution is -2.39. The fourth-order valence-electron chi connectivity index (χ4n) is 2.54. The molecule has 0 aromatic heterocycles. The van der Waals surface area contributed by atoms with Crippen molar-refractivity contribution in [2.24, 2.45) is 5.41 Å². The molecular formula is C15H29N3O. The summed E-state index contributed by atoms with van der Waals surface area (Å²) >= 11 is 0. The van der Waals surface area contributed by atoms with Gasteiger partial charge in [0, 0.05) is 26.2 Å². The fourth-order valence-corrected chi connectivity index (χ4v) is 2.54. The van der Waals surface area contributed by atoms with Crippen molar-refractivity contribution in [3.05, 3.63) is 0 Å². The monoisotopic (exact) mass is 267 g/mol. The molecule has 4 nitrogen and oxygen atoms in total. The fraction of sp³-hybridized carbons (Fsp3) is 0.933. The molecule has 1 aliphatic heterocycles. The van der Waals surface area contributed by atoms with Crippen molar-refractivity contribution in [3.63, 3.8) is 0 Å². The molecule has 0 aromatic carbocycles. The van der Waals surface area contributed by atoms with Gasteiger partial charge in [0.1, 0.15) is 0 Å². The van der Waals surface area contributed by atoms with Crippen molar-refractivity contribution < 1.29 is 4.74 Å². The van der Waals surface area contributed by atoms with Gasteiger partial charge in [-0.05, 0) is 52.6 Å². The Morgan fingerprint density at radius 1 is 1.42 bits per heavy atom. The first-order valence-electron chi connectivity index (χ1n) is 7.43. The molecule has 1 saturated heterocycles. The van der Waals surface area contributed by atoms with E-state index in [2.05, 4.69) is 16.3 Å². The molecule has 4 heteroatoms. The van der Waals surface area contributed by atoms with Crippen LogP contribution in [-0.4, -0.2) is 50.8 Å². The molecule has 1 fully saturated rings. The Hall–Kier alpha value is -0.630. The summed E-state index contributed by atoms with van der Waals surface area (Å²) in [6.45, 7) is 9.14. The smallest absolute Gasteiger partial charge is 0.0683 e. The van der Waals surface area contributed by atoms with Gasteiger partial charge in [-0.25, -0.2) is 0 Å². The zero-order valence-electron chi connectivity index (χ0n) is 12.7. The van der Waals surface area contributed by atoms with Gasteiger partial charge in [0.15, 0.2) is 0 Å². The third-order valence-electron chi connectivity index (χ3n) is 3.83. The van der Waals surface area contributed by atoms with Crippen LogP contribution in [-0.2, 0) is 4.74 Å². The van der Waals surface area contributed by atoms with Crippen LogP contribution in [0.25, 0.3) is 0 Å². The maximum Gasteiger partial charge on any atom is 0.0683 e. The number of methoxy groups -OCH3 is 1. The Kier molecular flexibility index (Phi) is 7.37. The van der Waals surface area contributed by atoms with Crippen LogP contribution in [0.1, 0.15) is 39.5 Å². The first-order chi connectivity index (χ1) is 9.07. The van der Waals surface area contributed by atoms with Crippen LogP contribution in [0.2, 0.25) is 0 Å². The van der Waals surface area contributed by atoms with E-state index in [9.17, 15) is 0 Å². The predicted octanol–water partition coefficient (Wildman–Crippen LogP) is 2.02. The number of hydrogen-bond donors (Lipinski definition) is 1. The minimum atomic E-state index is -0.196. The van der Waals surface area contributed by atoms with Gasteiger partial charge in [0.05, 0.1) is 18.1 Å². The summed E-state index contributed by atoms with van der Waals surface area (Å²) in [7, 11) is 1.75. The molecular weight excluding hydrogens is 238 g/mol. The molecule has 1 heterocycles. The summed E-state index contributed by atoms with van der Waals surface area (Å²) in [5.41, 5.74) is -0.196. The Morgan fingerprint density at radius 2 is 2.21 bits per heavy atom. The molecule has 1 atom stereocenters. The maximum absolute atomic E-state index is 9.04. The third kappa shape index (κ3) is 6.91. The van der Waals surface area contributed by atoms with Crippen LogP contribution in [0.3, 0.4) is 0 Å². The Morgan fingerprint density at radius 3 is 2.79 bits per heavy atom. The molecule has 1 rings (SSSR count). The second kappa shape index (κ2) is 8.52. The lowest BCUT2D eigenvalue weighted by molar-refractivity contribution is 0.139. The summed E-state index contributed by atoms with van der Waals surface area (Å²) in [6, 6.07) is 3.02. The average molecular weight is 267 g/mol. The van der Waals surface area contributed by atoms with E-state index in [-0.39, 0.29) is 5.41 Å². The molecule has 0 saturated carbocycles. The van der Waals surface area contributed by atoms with Crippen molar-refractivity contribution in [3.8, 4) is 6.07 Å². The highest BCUT2D eigenvalue weighted by Crippen LogP contribution is 2.20. The highest BCUT2D eigenvalue weighted by Gasteiger charge is 2.19. The molecule has 0 radical (unpaired) electrons. The van der Waals surface area contributed by atoms with Crippen molar-refractivity contribution in [2.45, 2.75) is 45.6 Å². The second-order valence-corrected chi connectivity index (χ2v) is 6.19. The highest BCUT2D eigenvalue weighted by atomic mass is 16.5.